The van der Waals surface area contributed by atoms with Crippen molar-refractivity contribution >= 4 is 29.4 Å². The quantitative estimate of drug-likeness (QED) is 0.755. The van der Waals surface area contributed by atoms with Gasteiger partial charge in [-0.15, -0.1) is 0 Å². The van der Waals surface area contributed by atoms with Crippen molar-refractivity contribution in [2.24, 2.45) is 0 Å². The van der Waals surface area contributed by atoms with E-state index in [0.717, 1.165) is 23.3 Å². The van der Waals surface area contributed by atoms with Crippen LogP contribution in [0.3, 0.4) is 0 Å². The zero-order valence-electron chi connectivity index (χ0n) is 12.6. The number of carbonyl (C=O) groups is 1. The molecule has 0 spiro atoms. The standard InChI is InChI=1S/C17H14ClF3N2O/c1-11-4-2-3-5-12(11)8-9-22-16(24)23-13-6-7-15(18)14(10-13)17(19,20)21/h2-10H,1H3,(H2,22,23,24)/b9-8+. The second kappa shape index (κ2) is 7.40. The van der Waals surface area contributed by atoms with Gasteiger partial charge in [0.2, 0.25) is 0 Å². The first kappa shape index (κ1) is 17.9. The molecule has 0 saturated heterocycles. The lowest BCUT2D eigenvalue weighted by atomic mass is 10.1. The summed E-state index contributed by atoms with van der Waals surface area (Å²) in [4.78, 5) is 11.7. The van der Waals surface area contributed by atoms with E-state index in [1.54, 1.807) is 6.08 Å². The van der Waals surface area contributed by atoms with Crippen LogP contribution in [-0.2, 0) is 6.18 Å². The van der Waals surface area contributed by atoms with Gasteiger partial charge in [-0.1, -0.05) is 35.9 Å². The molecule has 0 heterocycles. The first-order valence-electron chi connectivity index (χ1n) is 6.94. The maximum atomic E-state index is 12.8. The number of hydrogen-bond acceptors (Lipinski definition) is 1. The maximum absolute atomic E-state index is 12.8. The van der Waals surface area contributed by atoms with E-state index in [1.165, 1.54) is 12.3 Å². The molecule has 0 bridgehead atoms. The third kappa shape index (κ3) is 4.76. The summed E-state index contributed by atoms with van der Waals surface area (Å²) in [6, 6.07) is 10.1. The average molecular weight is 355 g/mol. The van der Waals surface area contributed by atoms with Gasteiger partial charge in [0.15, 0.2) is 0 Å². The summed E-state index contributed by atoms with van der Waals surface area (Å²) in [5, 5.41) is 4.33. The number of benzene rings is 2. The first-order chi connectivity index (χ1) is 11.3. The maximum Gasteiger partial charge on any atom is 0.417 e. The van der Waals surface area contributed by atoms with Crippen molar-refractivity contribution < 1.29 is 18.0 Å². The number of rotatable bonds is 3. The van der Waals surface area contributed by atoms with Gasteiger partial charge in [0.1, 0.15) is 0 Å². The average Bonchev–Trinajstić information content (AvgIpc) is 2.50. The third-order valence-corrected chi connectivity index (χ3v) is 3.52. The molecule has 2 aromatic rings. The lowest BCUT2D eigenvalue weighted by molar-refractivity contribution is -0.137. The number of alkyl halides is 3. The number of hydrogen-bond donors (Lipinski definition) is 2. The molecule has 0 aliphatic heterocycles. The molecule has 0 unspecified atom stereocenters. The van der Waals surface area contributed by atoms with Crippen LogP contribution in [0, 0.1) is 6.92 Å². The molecule has 0 radical (unpaired) electrons. The lowest BCUT2D eigenvalue weighted by Crippen LogP contribution is -2.24. The molecule has 24 heavy (non-hydrogen) atoms. The predicted molar refractivity (Wildman–Crippen MR) is 88.8 cm³/mol. The zero-order chi connectivity index (χ0) is 17.7. The van der Waals surface area contributed by atoms with Gasteiger partial charge >= 0.3 is 12.2 Å². The van der Waals surface area contributed by atoms with Crippen LogP contribution in [0.1, 0.15) is 16.7 Å². The van der Waals surface area contributed by atoms with E-state index in [-0.39, 0.29) is 5.69 Å². The number of halogens is 4. The molecular weight excluding hydrogens is 341 g/mol. The molecule has 0 atom stereocenters. The minimum Gasteiger partial charge on any atom is -0.314 e. The molecule has 2 N–H and O–H groups in total. The molecular formula is C17H14ClF3N2O. The summed E-state index contributed by atoms with van der Waals surface area (Å²) >= 11 is 5.52. The van der Waals surface area contributed by atoms with E-state index in [9.17, 15) is 18.0 Å². The van der Waals surface area contributed by atoms with Crippen LogP contribution in [-0.4, -0.2) is 6.03 Å². The van der Waals surface area contributed by atoms with E-state index >= 15 is 0 Å². The van der Waals surface area contributed by atoms with Crippen molar-refractivity contribution in [1.82, 2.24) is 5.32 Å². The molecule has 7 heteroatoms. The molecule has 0 saturated carbocycles. The molecule has 0 aliphatic rings. The van der Waals surface area contributed by atoms with Crippen molar-refractivity contribution in [1.29, 1.82) is 0 Å². The minimum atomic E-state index is -4.59. The van der Waals surface area contributed by atoms with E-state index in [1.807, 2.05) is 31.2 Å². The van der Waals surface area contributed by atoms with Gasteiger partial charge in [-0.2, -0.15) is 13.2 Å². The SMILES string of the molecule is Cc1ccccc1/C=C/NC(=O)Nc1ccc(Cl)c(C(F)(F)F)c1. The molecule has 3 nitrogen and oxygen atoms in total. The normalized spacial score (nSPS) is 11.5. The Morgan fingerprint density at radius 2 is 1.88 bits per heavy atom. The highest BCUT2D eigenvalue weighted by atomic mass is 35.5. The fourth-order valence-corrected chi connectivity index (χ4v) is 2.19. The van der Waals surface area contributed by atoms with Gasteiger partial charge in [-0.05, 0) is 42.3 Å². The summed E-state index contributed by atoms with van der Waals surface area (Å²) in [5.41, 5.74) is 0.943. The minimum absolute atomic E-state index is 0.00600. The second-order valence-electron chi connectivity index (χ2n) is 4.98. The largest absolute Gasteiger partial charge is 0.417 e. The van der Waals surface area contributed by atoms with E-state index in [4.69, 9.17) is 11.6 Å². The highest BCUT2D eigenvalue weighted by Gasteiger charge is 2.33. The van der Waals surface area contributed by atoms with Gasteiger partial charge in [0, 0.05) is 11.9 Å². The molecule has 2 rings (SSSR count). The number of aryl methyl sites for hydroxylation is 1. The van der Waals surface area contributed by atoms with Gasteiger partial charge in [-0.3, -0.25) is 0 Å². The van der Waals surface area contributed by atoms with Crippen LogP contribution in [0.25, 0.3) is 6.08 Å². The highest BCUT2D eigenvalue weighted by molar-refractivity contribution is 6.31. The van der Waals surface area contributed by atoms with Crippen molar-refractivity contribution in [3.8, 4) is 0 Å². The van der Waals surface area contributed by atoms with Crippen molar-refractivity contribution in [3.05, 3.63) is 70.4 Å². The fourth-order valence-electron chi connectivity index (χ4n) is 1.97. The summed E-state index contributed by atoms with van der Waals surface area (Å²) in [6.07, 6.45) is -1.48. The Morgan fingerprint density at radius 3 is 2.54 bits per heavy atom. The number of urea groups is 1. The summed E-state index contributed by atoms with van der Waals surface area (Å²) < 4.78 is 38.3. The summed E-state index contributed by atoms with van der Waals surface area (Å²) in [5.74, 6) is 0. The van der Waals surface area contributed by atoms with E-state index in [0.29, 0.717) is 0 Å². The molecule has 0 aromatic heterocycles. The monoisotopic (exact) mass is 354 g/mol. The lowest BCUT2D eigenvalue weighted by Gasteiger charge is -2.11. The topological polar surface area (TPSA) is 41.1 Å². The molecule has 126 valence electrons. The van der Waals surface area contributed by atoms with Crippen molar-refractivity contribution in [3.63, 3.8) is 0 Å². The number of amides is 2. The fraction of sp³-hybridized carbons (Fsp3) is 0.118. The third-order valence-electron chi connectivity index (χ3n) is 3.20. The Labute approximate surface area is 142 Å². The number of nitrogens with one attached hydrogen (secondary N) is 2. The predicted octanol–water partition coefficient (Wildman–Crippen LogP) is 5.46. The zero-order valence-corrected chi connectivity index (χ0v) is 13.4. The van der Waals surface area contributed by atoms with E-state index in [2.05, 4.69) is 10.6 Å². The number of anilines is 1. The first-order valence-corrected chi connectivity index (χ1v) is 7.31. The molecule has 2 aromatic carbocycles. The summed E-state index contributed by atoms with van der Waals surface area (Å²) in [7, 11) is 0. The van der Waals surface area contributed by atoms with Crippen LogP contribution >= 0.6 is 11.6 Å². The highest BCUT2D eigenvalue weighted by Crippen LogP contribution is 2.36. The van der Waals surface area contributed by atoms with Crippen molar-refractivity contribution in [2.75, 3.05) is 5.32 Å². The Morgan fingerprint density at radius 1 is 1.17 bits per heavy atom. The van der Waals surface area contributed by atoms with Crippen LogP contribution in [0.2, 0.25) is 5.02 Å². The van der Waals surface area contributed by atoms with Crippen LogP contribution in [0.4, 0.5) is 23.7 Å². The smallest absolute Gasteiger partial charge is 0.314 e. The van der Waals surface area contributed by atoms with Gasteiger partial charge in [0.25, 0.3) is 0 Å². The van der Waals surface area contributed by atoms with Gasteiger partial charge in [-0.25, -0.2) is 4.79 Å². The van der Waals surface area contributed by atoms with Crippen molar-refractivity contribution in [2.45, 2.75) is 13.1 Å². The van der Waals surface area contributed by atoms with Gasteiger partial charge < -0.3 is 10.6 Å². The molecule has 0 fully saturated rings. The second-order valence-corrected chi connectivity index (χ2v) is 5.39. The Kier molecular flexibility index (Phi) is 5.51. The Balaban J connectivity index is 2.02. The van der Waals surface area contributed by atoms with Crippen LogP contribution in [0.15, 0.2) is 48.7 Å². The molecule has 2 amide bonds. The number of carbonyl (C=O) groups excluding carboxylic acids is 1. The Hall–Kier alpha value is -2.47. The van der Waals surface area contributed by atoms with E-state index < -0.39 is 22.8 Å². The van der Waals surface area contributed by atoms with Crippen LogP contribution < -0.4 is 10.6 Å². The van der Waals surface area contributed by atoms with Crippen LogP contribution in [0.5, 0.6) is 0 Å². The summed E-state index contributed by atoms with van der Waals surface area (Å²) in [6.45, 7) is 1.92. The molecule has 0 aliphatic carbocycles. The van der Waals surface area contributed by atoms with Gasteiger partial charge in [0.05, 0.1) is 10.6 Å². The Bertz CT molecular complexity index is 773.